The molecule has 0 unspecified atom stereocenters. The average Bonchev–Trinajstić information content (AvgIpc) is 2.72. The lowest BCUT2D eigenvalue weighted by molar-refractivity contribution is -0.147. The average molecular weight is 413 g/mol. The van der Waals surface area contributed by atoms with E-state index in [2.05, 4.69) is 14.7 Å². The van der Waals surface area contributed by atoms with Crippen molar-refractivity contribution in [3.8, 4) is 0 Å². The second-order valence-corrected chi connectivity index (χ2v) is 7.83. The summed E-state index contributed by atoms with van der Waals surface area (Å²) in [5, 5.41) is 1.40. The van der Waals surface area contributed by atoms with Gasteiger partial charge in [-0.15, -0.1) is 0 Å². The Kier molecular flexibility index (Phi) is 6.20. The van der Waals surface area contributed by atoms with Gasteiger partial charge < -0.3 is 9.72 Å². The summed E-state index contributed by atoms with van der Waals surface area (Å²) in [6.45, 7) is 0.984. The maximum atomic E-state index is 12.1. The van der Waals surface area contributed by atoms with Crippen molar-refractivity contribution in [3.63, 3.8) is 0 Å². The number of ether oxygens (including phenoxy) is 1. The molecule has 0 saturated heterocycles. The fourth-order valence-corrected chi connectivity index (χ4v) is 3.28. The minimum absolute atomic E-state index is 0.175. The van der Waals surface area contributed by atoms with Crippen LogP contribution in [0, 0.1) is 0 Å². The molecule has 150 valence electrons. The van der Waals surface area contributed by atoms with Gasteiger partial charge in [0.15, 0.2) is 11.9 Å². The van der Waals surface area contributed by atoms with Crippen molar-refractivity contribution >= 4 is 33.0 Å². The van der Waals surface area contributed by atoms with Crippen molar-refractivity contribution in [2.24, 2.45) is 0 Å². The number of sulfonamides is 1. The van der Waals surface area contributed by atoms with Crippen LogP contribution in [-0.4, -0.2) is 30.9 Å². The first-order chi connectivity index (χ1) is 13.8. The molecule has 1 aromatic heterocycles. The molecule has 0 aliphatic heterocycles. The zero-order valence-electron chi connectivity index (χ0n) is 15.5. The third-order valence-corrected chi connectivity index (χ3v) is 5.02. The first kappa shape index (κ1) is 20.4. The molecule has 3 rings (SSSR count). The minimum atomic E-state index is -3.82. The number of carbonyl (C=O) groups excluding carboxylic acids is 1. The lowest BCUT2D eigenvalue weighted by Gasteiger charge is -2.13. The number of fused-ring (bicyclic) bond motifs is 1. The molecule has 0 amide bonds. The van der Waals surface area contributed by atoms with Crippen LogP contribution >= 0.6 is 0 Å². The summed E-state index contributed by atoms with van der Waals surface area (Å²) in [5.74, 6) is -0.626. The molecule has 9 heteroatoms. The number of benzene rings is 2. The Morgan fingerprint density at radius 3 is 2.62 bits per heavy atom. The number of H-pyrrole nitrogens is 1. The molecule has 0 fully saturated rings. The van der Waals surface area contributed by atoms with Crippen molar-refractivity contribution < 1.29 is 17.9 Å². The summed E-state index contributed by atoms with van der Waals surface area (Å²) in [4.78, 5) is 31.0. The van der Waals surface area contributed by atoms with E-state index < -0.39 is 28.6 Å². The zero-order valence-corrected chi connectivity index (χ0v) is 16.3. The molecule has 3 aromatic rings. The van der Waals surface area contributed by atoms with Gasteiger partial charge in [0.05, 0.1) is 10.9 Å². The number of hydrogen-bond donors (Lipinski definition) is 2. The molecule has 0 bridgehead atoms. The molecule has 0 radical (unpaired) electrons. The number of nitrogens with one attached hydrogen (secondary N) is 2. The molecule has 0 aliphatic rings. The summed E-state index contributed by atoms with van der Waals surface area (Å²) < 4.78 is 31.3. The van der Waals surface area contributed by atoms with E-state index in [1.807, 2.05) is 6.07 Å². The minimum Gasteiger partial charge on any atom is -0.454 e. The van der Waals surface area contributed by atoms with Gasteiger partial charge in [0, 0.05) is 5.41 Å². The molecular weight excluding hydrogens is 394 g/mol. The molecular formula is C20H19N3O5S. The van der Waals surface area contributed by atoms with Crippen LogP contribution in [0.3, 0.4) is 0 Å². The van der Waals surface area contributed by atoms with Crippen LogP contribution in [0.4, 0.5) is 0 Å². The third-order valence-electron chi connectivity index (χ3n) is 3.98. The van der Waals surface area contributed by atoms with E-state index >= 15 is 0 Å². The zero-order chi connectivity index (χ0) is 20.9. The summed E-state index contributed by atoms with van der Waals surface area (Å²) >= 11 is 0. The second kappa shape index (κ2) is 8.80. The van der Waals surface area contributed by atoms with Gasteiger partial charge >= 0.3 is 5.97 Å². The van der Waals surface area contributed by atoms with Crippen LogP contribution in [0.1, 0.15) is 24.4 Å². The Morgan fingerprint density at radius 2 is 1.86 bits per heavy atom. The molecule has 29 heavy (non-hydrogen) atoms. The van der Waals surface area contributed by atoms with E-state index in [0.29, 0.717) is 16.5 Å². The first-order valence-corrected chi connectivity index (χ1v) is 10.3. The van der Waals surface area contributed by atoms with Gasteiger partial charge in [-0.1, -0.05) is 42.5 Å². The highest BCUT2D eigenvalue weighted by atomic mass is 32.2. The van der Waals surface area contributed by atoms with E-state index in [-0.39, 0.29) is 11.4 Å². The van der Waals surface area contributed by atoms with Crippen LogP contribution in [0.2, 0.25) is 0 Å². The van der Waals surface area contributed by atoms with E-state index in [0.717, 1.165) is 5.41 Å². The summed E-state index contributed by atoms with van der Waals surface area (Å²) in [5.41, 5.74) is 0.835. The predicted octanol–water partition coefficient (Wildman–Crippen LogP) is 2.12. The number of nitrogens with zero attached hydrogens (tertiary/aromatic N) is 1. The van der Waals surface area contributed by atoms with Crippen LogP contribution in [0.15, 0.2) is 64.8 Å². The van der Waals surface area contributed by atoms with Gasteiger partial charge in [-0.05, 0) is 30.7 Å². The summed E-state index contributed by atoms with van der Waals surface area (Å²) in [7, 11) is -3.82. The number of esters is 1. The normalized spacial score (nSPS) is 12.9. The lowest BCUT2D eigenvalue weighted by Crippen LogP contribution is -2.30. The van der Waals surface area contributed by atoms with Gasteiger partial charge in [0.1, 0.15) is 6.54 Å². The highest BCUT2D eigenvalue weighted by molar-refractivity contribution is 7.92. The number of rotatable bonds is 7. The Hall–Kier alpha value is -3.30. The van der Waals surface area contributed by atoms with E-state index in [1.165, 1.54) is 13.0 Å². The molecule has 0 spiro atoms. The number of hydrogen-bond acceptors (Lipinski definition) is 6. The van der Waals surface area contributed by atoms with Crippen molar-refractivity contribution in [2.75, 3.05) is 6.54 Å². The smallest absolute Gasteiger partial charge is 0.321 e. The topological polar surface area (TPSA) is 118 Å². The van der Waals surface area contributed by atoms with Crippen LogP contribution < -0.4 is 10.3 Å². The van der Waals surface area contributed by atoms with Crippen molar-refractivity contribution in [1.82, 2.24) is 14.7 Å². The second-order valence-electron chi connectivity index (χ2n) is 6.18. The van der Waals surface area contributed by atoms with Gasteiger partial charge in [0.25, 0.3) is 5.56 Å². The number of para-hydroxylation sites is 1. The van der Waals surface area contributed by atoms with Crippen molar-refractivity contribution in [2.45, 2.75) is 13.0 Å². The Morgan fingerprint density at radius 1 is 1.17 bits per heavy atom. The summed E-state index contributed by atoms with van der Waals surface area (Å²) in [6.07, 6.45) is 0.559. The largest absolute Gasteiger partial charge is 0.454 e. The van der Waals surface area contributed by atoms with Crippen LogP contribution in [0.25, 0.3) is 17.0 Å². The van der Waals surface area contributed by atoms with Gasteiger partial charge in [-0.2, -0.15) is 0 Å². The fraction of sp³-hybridized carbons (Fsp3) is 0.150. The maximum Gasteiger partial charge on any atom is 0.321 e. The van der Waals surface area contributed by atoms with Gasteiger partial charge in [-0.3, -0.25) is 9.59 Å². The monoisotopic (exact) mass is 413 g/mol. The quantitative estimate of drug-likeness (QED) is 0.573. The fourth-order valence-electron chi connectivity index (χ4n) is 2.53. The van der Waals surface area contributed by atoms with Crippen molar-refractivity contribution in [1.29, 1.82) is 0 Å². The van der Waals surface area contributed by atoms with Crippen molar-refractivity contribution in [3.05, 3.63) is 81.7 Å². The highest BCUT2D eigenvalue weighted by Crippen LogP contribution is 2.14. The van der Waals surface area contributed by atoms with Gasteiger partial charge in [0.2, 0.25) is 10.0 Å². The standard InChI is InChI=1S/C20H19N3O5S/c1-14(19-22-17-10-6-5-9-16(17)20(25)23-19)28-18(24)13-21-29(26,27)12-11-15-7-3-2-4-8-15/h2-12,14,21H,13H2,1H3,(H,22,23,25)/b12-11+/t14-/m0/s1. The predicted molar refractivity (Wildman–Crippen MR) is 109 cm³/mol. The molecule has 8 nitrogen and oxygen atoms in total. The number of carbonyl (C=O) groups is 1. The SMILES string of the molecule is C[C@H](OC(=O)CNS(=O)(=O)/C=C/c1ccccc1)c1nc2ccccc2c(=O)[nH]1. The maximum absolute atomic E-state index is 12.1. The molecule has 2 N–H and O–H groups in total. The molecule has 1 heterocycles. The van der Waals surface area contributed by atoms with E-state index in [9.17, 15) is 18.0 Å². The first-order valence-electron chi connectivity index (χ1n) is 8.75. The molecule has 0 aliphatic carbocycles. The number of aromatic amines is 1. The summed E-state index contributed by atoms with van der Waals surface area (Å²) in [6, 6.07) is 15.7. The third kappa shape index (κ3) is 5.59. The Balaban J connectivity index is 1.60. The molecule has 1 atom stereocenters. The molecule has 0 saturated carbocycles. The van der Waals surface area contributed by atoms with Crippen LogP contribution in [0.5, 0.6) is 0 Å². The highest BCUT2D eigenvalue weighted by Gasteiger charge is 2.17. The van der Waals surface area contributed by atoms with Crippen LogP contribution in [-0.2, 0) is 19.6 Å². The Labute approximate surface area is 167 Å². The molecule has 2 aromatic carbocycles. The van der Waals surface area contributed by atoms with E-state index in [1.54, 1.807) is 48.5 Å². The van der Waals surface area contributed by atoms with E-state index in [4.69, 9.17) is 4.74 Å². The lowest BCUT2D eigenvalue weighted by atomic mass is 10.2. The van der Waals surface area contributed by atoms with Gasteiger partial charge in [-0.25, -0.2) is 18.1 Å². The Bertz CT molecular complexity index is 1200. The number of aromatic nitrogens is 2.